The summed E-state index contributed by atoms with van der Waals surface area (Å²) in [7, 11) is 0. The van der Waals surface area contributed by atoms with Gasteiger partial charge in [0, 0.05) is 6.04 Å². The van der Waals surface area contributed by atoms with Gasteiger partial charge in [-0.05, 0) is 32.4 Å². The van der Waals surface area contributed by atoms with Gasteiger partial charge in [-0.25, -0.2) is 0 Å². The van der Waals surface area contributed by atoms with Crippen molar-refractivity contribution in [3.8, 4) is 0 Å². The highest BCUT2D eigenvalue weighted by Crippen LogP contribution is 2.14. The maximum Gasteiger partial charge on any atom is 0.0464 e. The number of aliphatic imine (C=N–C) groups is 1. The van der Waals surface area contributed by atoms with Crippen LogP contribution in [0.3, 0.4) is 0 Å². The van der Waals surface area contributed by atoms with Gasteiger partial charge in [0.2, 0.25) is 0 Å². The van der Waals surface area contributed by atoms with Crippen LogP contribution in [0.4, 0.5) is 0 Å². The number of rotatable bonds is 6. The quantitative estimate of drug-likeness (QED) is 0.522. The summed E-state index contributed by atoms with van der Waals surface area (Å²) in [6.45, 7) is 10.2. The van der Waals surface area contributed by atoms with Crippen molar-refractivity contribution in [3.05, 3.63) is 0 Å². The molecule has 0 aromatic rings. The minimum atomic E-state index is 0.453. The Hall–Kier alpha value is -0.330. The van der Waals surface area contributed by atoms with E-state index < -0.39 is 0 Å². The van der Waals surface area contributed by atoms with E-state index in [0.29, 0.717) is 6.04 Å². The molecule has 0 saturated carbocycles. The number of hydrogen-bond donors (Lipinski definition) is 0. The molecule has 0 spiro atoms. The molecule has 0 radical (unpaired) electrons. The third-order valence-corrected chi connectivity index (χ3v) is 2.17. The predicted octanol–water partition coefficient (Wildman–Crippen LogP) is 3.29. The highest BCUT2D eigenvalue weighted by atomic mass is 14.7. The topological polar surface area (TPSA) is 12.4 Å². The zero-order valence-corrected chi connectivity index (χ0v) is 8.14. The lowest BCUT2D eigenvalue weighted by atomic mass is 9.98. The predicted molar refractivity (Wildman–Crippen MR) is 52.3 cm³/mol. The first-order chi connectivity index (χ1) is 5.20. The van der Waals surface area contributed by atoms with Gasteiger partial charge in [-0.1, -0.05) is 26.7 Å². The standard InChI is InChI=1S/C10H21N/c1-5-6-9(2)7-8-10(3)11-4/h9-10H,4-8H2,1-3H3/t9-,10?/m0/s1. The fraction of sp³-hybridized carbons (Fsp3) is 0.900. The first-order valence-corrected chi connectivity index (χ1v) is 4.66. The molecule has 0 aliphatic rings. The van der Waals surface area contributed by atoms with Gasteiger partial charge in [0.25, 0.3) is 0 Å². The molecule has 1 unspecified atom stereocenters. The van der Waals surface area contributed by atoms with Crippen LogP contribution in [-0.2, 0) is 0 Å². The molecule has 0 rings (SSSR count). The molecule has 11 heavy (non-hydrogen) atoms. The van der Waals surface area contributed by atoms with E-state index in [0.717, 1.165) is 5.92 Å². The smallest absolute Gasteiger partial charge is 0.0464 e. The molecule has 0 N–H and O–H groups in total. The molecule has 0 aromatic carbocycles. The molecule has 0 aliphatic carbocycles. The summed E-state index contributed by atoms with van der Waals surface area (Å²) in [6, 6.07) is 0.453. The summed E-state index contributed by atoms with van der Waals surface area (Å²) in [6.07, 6.45) is 5.15. The Morgan fingerprint density at radius 2 is 1.82 bits per heavy atom. The van der Waals surface area contributed by atoms with Crippen LogP contribution in [0.5, 0.6) is 0 Å². The minimum Gasteiger partial charge on any atom is -0.298 e. The van der Waals surface area contributed by atoms with E-state index in [9.17, 15) is 0 Å². The molecule has 0 aliphatic heterocycles. The first kappa shape index (κ1) is 10.7. The number of hydrogen-bond acceptors (Lipinski definition) is 1. The fourth-order valence-electron chi connectivity index (χ4n) is 1.25. The first-order valence-electron chi connectivity index (χ1n) is 4.66. The normalized spacial score (nSPS) is 15.9. The monoisotopic (exact) mass is 155 g/mol. The van der Waals surface area contributed by atoms with Crippen molar-refractivity contribution < 1.29 is 0 Å². The Kier molecular flexibility index (Phi) is 6.19. The van der Waals surface area contributed by atoms with Gasteiger partial charge in [-0.3, -0.25) is 4.99 Å². The zero-order chi connectivity index (χ0) is 8.69. The van der Waals surface area contributed by atoms with Crippen molar-refractivity contribution in [1.29, 1.82) is 0 Å². The largest absolute Gasteiger partial charge is 0.298 e. The molecule has 0 heterocycles. The van der Waals surface area contributed by atoms with Crippen molar-refractivity contribution in [3.63, 3.8) is 0 Å². The maximum absolute atomic E-state index is 3.97. The second-order valence-electron chi connectivity index (χ2n) is 3.50. The van der Waals surface area contributed by atoms with Gasteiger partial charge in [0.1, 0.15) is 0 Å². The molecule has 0 aromatic heterocycles. The van der Waals surface area contributed by atoms with Gasteiger partial charge in [0.15, 0.2) is 0 Å². The van der Waals surface area contributed by atoms with Crippen molar-refractivity contribution >= 4 is 6.72 Å². The Morgan fingerprint density at radius 1 is 1.18 bits per heavy atom. The minimum absolute atomic E-state index is 0.453. The van der Waals surface area contributed by atoms with Crippen LogP contribution >= 0.6 is 0 Å². The average molecular weight is 155 g/mol. The molecule has 0 amide bonds. The molecule has 0 bridgehead atoms. The van der Waals surface area contributed by atoms with Crippen LogP contribution in [0.25, 0.3) is 0 Å². The Bertz CT molecular complexity index is 99.0. The fourth-order valence-corrected chi connectivity index (χ4v) is 1.25. The lowest BCUT2D eigenvalue weighted by molar-refractivity contribution is 0.449. The lowest BCUT2D eigenvalue weighted by Gasteiger charge is -2.11. The van der Waals surface area contributed by atoms with Crippen molar-refractivity contribution in [2.24, 2.45) is 10.9 Å². The van der Waals surface area contributed by atoms with Crippen molar-refractivity contribution in [2.75, 3.05) is 0 Å². The highest BCUT2D eigenvalue weighted by Gasteiger charge is 2.03. The van der Waals surface area contributed by atoms with Crippen LogP contribution in [0.2, 0.25) is 0 Å². The van der Waals surface area contributed by atoms with Crippen LogP contribution in [0.15, 0.2) is 4.99 Å². The molecular formula is C10H21N. The third-order valence-electron chi connectivity index (χ3n) is 2.17. The zero-order valence-electron chi connectivity index (χ0n) is 8.14. The van der Waals surface area contributed by atoms with E-state index in [-0.39, 0.29) is 0 Å². The summed E-state index contributed by atoms with van der Waals surface area (Å²) in [4.78, 5) is 3.97. The molecule has 2 atom stereocenters. The van der Waals surface area contributed by atoms with Crippen LogP contribution in [0.1, 0.15) is 46.5 Å². The van der Waals surface area contributed by atoms with Crippen LogP contribution in [0, 0.1) is 5.92 Å². The van der Waals surface area contributed by atoms with Gasteiger partial charge < -0.3 is 0 Å². The van der Waals surface area contributed by atoms with E-state index in [1.807, 2.05) is 0 Å². The summed E-state index contributed by atoms with van der Waals surface area (Å²) in [5, 5.41) is 0. The Labute approximate surface area is 70.9 Å². The second-order valence-corrected chi connectivity index (χ2v) is 3.50. The molecule has 66 valence electrons. The molecule has 1 nitrogen and oxygen atoms in total. The lowest BCUT2D eigenvalue weighted by Crippen LogP contribution is -2.01. The Balaban J connectivity index is 3.29. The Morgan fingerprint density at radius 3 is 2.27 bits per heavy atom. The van der Waals surface area contributed by atoms with E-state index in [2.05, 4.69) is 32.5 Å². The van der Waals surface area contributed by atoms with Crippen LogP contribution in [-0.4, -0.2) is 12.8 Å². The van der Waals surface area contributed by atoms with E-state index >= 15 is 0 Å². The van der Waals surface area contributed by atoms with Gasteiger partial charge in [0.05, 0.1) is 0 Å². The molecule has 0 saturated heterocycles. The molecular weight excluding hydrogens is 134 g/mol. The van der Waals surface area contributed by atoms with Crippen molar-refractivity contribution in [1.82, 2.24) is 0 Å². The second kappa shape index (κ2) is 6.38. The third kappa shape index (κ3) is 6.08. The average Bonchev–Trinajstić information content (AvgIpc) is 2.01. The van der Waals surface area contributed by atoms with Gasteiger partial charge in [-0.15, -0.1) is 0 Å². The van der Waals surface area contributed by atoms with Crippen LogP contribution < -0.4 is 0 Å². The van der Waals surface area contributed by atoms with E-state index in [1.165, 1.54) is 25.7 Å². The van der Waals surface area contributed by atoms with E-state index in [1.54, 1.807) is 0 Å². The van der Waals surface area contributed by atoms with E-state index in [4.69, 9.17) is 0 Å². The SMILES string of the molecule is C=NC(C)CC[C@@H](C)CCC. The maximum atomic E-state index is 3.97. The summed E-state index contributed by atoms with van der Waals surface area (Å²) in [5.74, 6) is 0.865. The highest BCUT2D eigenvalue weighted by molar-refractivity contribution is 5.23. The molecule has 0 fully saturated rings. The molecule has 1 heteroatoms. The van der Waals surface area contributed by atoms with Crippen molar-refractivity contribution in [2.45, 2.75) is 52.5 Å². The van der Waals surface area contributed by atoms with Gasteiger partial charge >= 0.3 is 0 Å². The summed E-state index contributed by atoms with van der Waals surface area (Å²) >= 11 is 0. The van der Waals surface area contributed by atoms with Gasteiger partial charge in [-0.2, -0.15) is 0 Å². The summed E-state index contributed by atoms with van der Waals surface area (Å²) in [5.41, 5.74) is 0. The summed E-state index contributed by atoms with van der Waals surface area (Å²) < 4.78 is 0. The number of nitrogens with zero attached hydrogens (tertiary/aromatic N) is 1.